The number of aryl methyl sites for hydroxylation is 2. The lowest BCUT2D eigenvalue weighted by Gasteiger charge is -2.12. The summed E-state index contributed by atoms with van der Waals surface area (Å²) in [5.74, 6) is 0. The lowest BCUT2D eigenvalue weighted by molar-refractivity contribution is 1.51. The molecule has 0 heteroatoms. The first kappa shape index (κ1) is 18.3. The molecule has 0 heterocycles. The van der Waals surface area contributed by atoms with Gasteiger partial charge in [0.1, 0.15) is 0 Å². The van der Waals surface area contributed by atoms with Crippen LogP contribution in [0.5, 0.6) is 0 Å². The molecule has 2 aliphatic carbocycles. The van der Waals surface area contributed by atoms with Gasteiger partial charge in [0.25, 0.3) is 0 Å². The normalized spacial score (nSPS) is 12.4. The molecule has 8 rings (SSSR count). The van der Waals surface area contributed by atoms with Crippen LogP contribution in [0.25, 0.3) is 77.2 Å². The minimum absolute atomic E-state index is 1.29. The van der Waals surface area contributed by atoms with Gasteiger partial charge in [0, 0.05) is 0 Å². The molecule has 0 amide bonds. The van der Waals surface area contributed by atoms with Crippen molar-refractivity contribution in [2.45, 2.75) is 13.8 Å². The van der Waals surface area contributed by atoms with Crippen molar-refractivity contribution in [1.29, 1.82) is 0 Å². The molecule has 34 heavy (non-hydrogen) atoms. The number of hydrogen-bond donors (Lipinski definition) is 0. The molecule has 0 bridgehead atoms. The standard InChI is InChI=1S/C34H22/c1-19-11-23-15-21(17-31-27-9-5-3-7-25(27)29(13-19)33(23)31)22-16-24-12-20(2)14-30-26-8-4-6-10-28(26)32(18-22)34(24)30/h3-18H,1-2H3. The highest BCUT2D eigenvalue weighted by Crippen LogP contribution is 2.51. The van der Waals surface area contributed by atoms with E-state index in [0.29, 0.717) is 0 Å². The van der Waals surface area contributed by atoms with Crippen LogP contribution in [0.4, 0.5) is 0 Å². The van der Waals surface area contributed by atoms with Gasteiger partial charge >= 0.3 is 0 Å². The van der Waals surface area contributed by atoms with Gasteiger partial charge in [0.05, 0.1) is 0 Å². The fourth-order valence-corrected chi connectivity index (χ4v) is 6.42. The molecular formula is C34H22. The van der Waals surface area contributed by atoms with Gasteiger partial charge in [-0.05, 0) is 126 Å². The summed E-state index contributed by atoms with van der Waals surface area (Å²) in [5, 5.41) is 5.45. The van der Waals surface area contributed by atoms with E-state index in [2.05, 4.69) is 111 Å². The number of benzene rings is 6. The summed E-state index contributed by atoms with van der Waals surface area (Å²) in [7, 11) is 0. The predicted octanol–water partition coefficient (Wildman–Crippen LogP) is 9.57. The molecule has 0 saturated carbocycles. The molecule has 0 atom stereocenters. The summed E-state index contributed by atoms with van der Waals surface area (Å²) in [5.41, 5.74) is 16.1. The van der Waals surface area contributed by atoms with Gasteiger partial charge in [0.2, 0.25) is 0 Å². The summed E-state index contributed by atoms with van der Waals surface area (Å²) in [6.45, 7) is 4.42. The van der Waals surface area contributed by atoms with Gasteiger partial charge < -0.3 is 0 Å². The first-order valence-electron chi connectivity index (χ1n) is 12.0. The molecule has 0 aliphatic heterocycles. The van der Waals surface area contributed by atoms with Crippen LogP contribution < -0.4 is 0 Å². The van der Waals surface area contributed by atoms with Crippen molar-refractivity contribution in [2.75, 3.05) is 0 Å². The number of rotatable bonds is 1. The summed E-state index contributed by atoms with van der Waals surface area (Å²) < 4.78 is 0. The molecule has 2 aliphatic rings. The molecule has 0 radical (unpaired) electrons. The largest absolute Gasteiger partial charge is 0.0616 e. The van der Waals surface area contributed by atoms with E-state index in [1.165, 1.54) is 88.3 Å². The second-order valence-corrected chi connectivity index (χ2v) is 9.96. The molecule has 0 unspecified atom stereocenters. The maximum Gasteiger partial charge on any atom is -0.00257 e. The Morgan fingerprint density at radius 1 is 0.353 bits per heavy atom. The molecule has 0 spiro atoms. The predicted molar refractivity (Wildman–Crippen MR) is 145 cm³/mol. The van der Waals surface area contributed by atoms with Crippen LogP contribution >= 0.6 is 0 Å². The Labute approximate surface area is 199 Å². The van der Waals surface area contributed by atoms with Crippen molar-refractivity contribution in [3.63, 3.8) is 0 Å². The lowest BCUT2D eigenvalue weighted by atomic mass is 9.92. The van der Waals surface area contributed by atoms with Crippen LogP contribution in [0.3, 0.4) is 0 Å². The molecule has 6 aromatic carbocycles. The highest BCUT2D eigenvalue weighted by Gasteiger charge is 2.25. The van der Waals surface area contributed by atoms with Gasteiger partial charge in [0.15, 0.2) is 0 Å². The van der Waals surface area contributed by atoms with Crippen molar-refractivity contribution in [3.8, 4) is 55.6 Å². The van der Waals surface area contributed by atoms with Crippen LogP contribution in [0, 0.1) is 13.8 Å². The fraction of sp³-hybridized carbons (Fsp3) is 0.0588. The second-order valence-electron chi connectivity index (χ2n) is 9.96. The van der Waals surface area contributed by atoms with Gasteiger partial charge in [-0.3, -0.25) is 0 Å². The van der Waals surface area contributed by atoms with Crippen molar-refractivity contribution in [3.05, 3.63) is 108 Å². The van der Waals surface area contributed by atoms with Gasteiger partial charge in [-0.2, -0.15) is 0 Å². The summed E-state index contributed by atoms with van der Waals surface area (Å²) in [4.78, 5) is 0. The zero-order chi connectivity index (χ0) is 22.6. The summed E-state index contributed by atoms with van der Waals surface area (Å²) in [6, 6.07) is 36.7. The maximum atomic E-state index is 2.42. The monoisotopic (exact) mass is 430 g/mol. The van der Waals surface area contributed by atoms with E-state index in [1.807, 2.05) is 0 Å². The average molecular weight is 431 g/mol. The van der Waals surface area contributed by atoms with Crippen molar-refractivity contribution >= 4 is 21.5 Å². The van der Waals surface area contributed by atoms with Gasteiger partial charge in [-0.25, -0.2) is 0 Å². The Balaban J connectivity index is 1.46. The van der Waals surface area contributed by atoms with Crippen LogP contribution in [-0.4, -0.2) is 0 Å². The van der Waals surface area contributed by atoms with Crippen molar-refractivity contribution in [1.82, 2.24) is 0 Å². The minimum atomic E-state index is 1.29. The van der Waals surface area contributed by atoms with E-state index in [9.17, 15) is 0 Å². The zero-order valence-corrected chi connectivity index (χ0v) is 19.2. The topological polar surface area (TPSA) is 0 Å². The summed E-state index contributed by atoms with van der Waals surface area (Å²) in [6.07, 6.45) is 0. The Bertz CT molecular complexity index is 1730. The van der Waals surface area contributed by atoms with Gasteiger partial charge in [-0.1, -0.05) is 72.8 Å². The van der Waals surface area contributed by atoms with E-state index in [-0.39, 0.29) is 0 Å². The van der Waals surface area contributed by atoms with Crippen LogP contribution in [0.1, 0.15) is 11.1 Å². The SMILES string of the molecule is Cc1cc2c3c(cc(-c4cc5c6c(cc(C)cc6c4)-c4ccccc4-5)cc3c1)-c1ccccc1-2. The van der Waals surface area contributed by atoms with E-state index in [1.54, 1.807) is 0 Å². The molecule has 0 fully saturated rings. The third kappa shape index (κ3) is 2.28. The van der Waals surface area contributed by atoms with Crippen LogP contribution in [-0.2, 0) is 0 Å². The van der Waals surface area contributed by atoms with Gasteiger partial charge in [-0.15, -0.1) is 0 Å². The Hall–Kier alpha value is -4.16. The van der Waals surface area contributed by atoms with E-state index in [0.717, 1.165) is 0 Å². The van der Waals surface area contributed by atoms with E-state index >= 15 is 0 Å². The second kappa shape index (κ2) is 6.24. The Morgan fingerprint density at radius 2 is 0.706 bits per heavy atom. The van der Waals surface area contributed by atoms with Crippen molar-refractivity contribution in [2.24, 2.45) is 0 Å². The van der Waals surface area contributed by atoms with E-state index in [4.69, 9.17) is 0 Å². The maximum absolute atomic E-state index is 2.42. The molecule has 0 N–H and O–H groups in total. The highest BCUT2D eigenvalue weighted by atomic mass is 14.3. The molecule has 6 aromatic rings. The molecular weight excluding hydrogens is 408 g/mol. The van der Waals surface area contributed by atoms with Crippen LogP contribution in [0.15, 0.2) is 97.1 Å². The average Bonchev–Trinajstić information content (AvgIpc) is 3.34. The number of hydrogen-bond acceptors (Lipinski definition) is 0. The van der Waals surface area contributed by atoms with E-state index < -0.39 is 0 Å². The third-order valence-electron chi connectivity index (χ3n) is 7.73. The van der Waals surface area contributed by atoms with Crippen LogP contribution in [0.2, 0.25) is 0 Å². The zero-order valence-electron chi connectivity index (χ0n) is 19.2. The quantitative estimate of drug-likeness (QED) is 0.243. The molecule has 158 valence electrons. The first-order valence-corrected chi connectivity index (χ1v) is 12.0. The fourth-order valence-electron chi connectivity index (χ4n) is 6.42. The third-order valence-corrected chi connectivity index (χ3v) is 7.73. The smallest absolute Gasteiger partial charge is 0.00257 e. The van der Waals surface area contributed by atoms with Crippen molar-refractivity contribution < 1.29 is 0 Å². The Kier molecular flexibility index (Phi) is 3.36. The Morgan fingerprint density at radius 3 is 1.09 bits per heavy atom. The first-order chi connectivity index (χ1) is 16.7. The highest BCUT2D eigenvalue weighted by molar-refractivity contribution is 6.19. The number of fused-ring (bicyclic) bond motifs is 6. The molecule has 0 saturated heterocycles. The lowest BCUT2D eigenvalue weighted by Crippen LogP contribution is -1.86. The molecule has 0 nitrogen and oxygen atoms in total. The summed E-state index contributed by atoms with van der Waals surface area (Å²) >= 11 is 0. The molecule has 0 aromatic heterocycles. The minimum Gasteiger partial charge on any atom is -0.0616 e.